The van der Waals surface area contributed by atoms with Gasteiger partial charge in [0.1, 0.15) is 5.75 Å². The van der Waals surface area contributed by atoms with Crippen LogP contribution in [0, 0.1) is 0 Å². The predicted molar refractivity (Wildman–Crippen MR) is 87.5 cm³/mol. The van der Waals surface area contributed by atoms with Crippen LogP contribution in [0.2, 0.25) is 0 Å². The molecule has 2 N–H and O–H groups in total. The zero-order valence-corrected chi connectivity index (χ0v) is 13.9. The summed E-state index contributed by atoms with van der Waals surface area (Å²) in [6, 6.07) is 12.3. The van der Waals surface area contributed by atoms with Crippen molar-refractivity contribution < 1.29 is 9.90 Å². The lowest BCUT2D eigenvalue weighted by Gasteiger charge is -2.13. The molecule has 0 aliphatic heterocycles. The number of phenols is 1. The number of rotatable bonds is 3. The smallest absolute Gasteiger partial charge is 0.255 e. The molecule has 0 aliphatic rings. The van der Waals surface area contributed by atoms with Gasteiger partial charge in [0.25, 0.3) is 5.91 Å². The van der Waals surface area contributed by atoms with E-state index >= 15 is 0 Å². The summed E-state index contributed by atoms with van der Waals surface area (Å²) in [5.74, 6) is -0.215. The first-order valence-corrected chi connectivity index (χ1v) is 7.73. The van der Waals surface area contributed by atoms with Crippen molar-refractivity contribution in [1.82, 2.24) is 0 Å². The highest BCUT2D eigenvalue weighted by atomic mass is 79.9. The largest absolute Gasteiger partial charge is 0.507 e. The molecular formula is C15H13Br2NO2. The number of phenolic OH excluding ortho intramolecular Hbond substituents is 1. The molecule has 2 rings (SSSR count). The van der Waals surface area contributed by atoms with Gasteiger partial charge < -0.3 is 10.4 Å². The minimum absolute atomic E-state index is 0.0415. The zero-order chi connectivity index (χ0) is 14.7. The van der Waals surface area contributed by atoms with Crippen LogP contribution >= 0.6 is 31.9 Å². The lowest BCUT2D eigenvalue weighted by molar-refractivity contribution is 0.102. The van der Waals surface area contributed by atoms with Crippen LogP contribution in [0.1, 0.15) is 27.7 Å². The molecule has 0 bridgehead atoms. The molecule has 0 saturated heterocycles. The average Bonchev–Trinajstić information content (AvgIpc) is 2.42. The highest BCUT2D eigenvalue weighted by Crippen LogP contribution is 2.29. The van der Waals surface area contributed by atoms with Gasteiger partial charge in [-0.2, -0.15) is 0 Å². The van der Waals surface area contributed by atoms with Crippen LogP contribution in [0.15, 0.2) is 46.9 Å². The number of amides is 1. The first kappa shape index (κ1) is 15.1. The fraction of sp³-hybridized carbons (Fsp3) is 0.133. The van der Waals surface area contributed by atoms with Crippen molar-refractivity contribution in [2.45, 2.75) is 11.8 Å². The molecule has 1 amide bonds. The van der Waals surface area contributed by atoms with E-state index in [4.69, 9.17) is 0 Å². The number of carbonyl (C=O) groups is 1. The number of nitrogens with one attached hydrogen (secondary N) is 1. The summed E-state index contributed by atoms with van der Waals surface area (Å²) in [7, 11) is 0. The summed E-state index contributed by atoms with van der Waals surface area (Å²) >= 11 is 6.69. The molecule has 1 atom stereocenters. The molecule has 0 saturated carbocycles. The minimum Gasteiger partial charge on any atom is -0.507 e. The van der Waals surface area contributed by atoms with E-state index in [9.17, 15) is 9.90 Å². The van der Waals surface area contributed by atoms with Crippen molar-refractivity contribution in [3.8, 4) is 5.75 Å². The maximum Gasteiger partial charge on any atom is 0.255 e. The third-order valence-electron chi connectivity index (χ3n) is 2.85. The highest BCUT2D eigenvalue weighted by Gasteiger charge is 2.12. The Kier molecular flexibility index (Phi) is 4.83. The third-order valence-corrected chi connectivity index (χ3v) is 4.01. The number of benzene rings is 2. The van der Waals surface area contributed by atoms with E-state index in [0.29, 0.717) is 10.0 Å². The number of aromatic hydroxyl groups is 1. The van der Waals surface area contributed by atoms with Gasteiger partial charge in [0.15, 0.2) is 0 Å². The fourth-order valence-corrected chi connectivity index (χ4v) is 2.45. The highest BCUT2D eigenvalue weighted by molar-refractivity contribution is 9.10. The Morgan fingerprint density at radius 2 is 1.95 bits per heavy atom. The molecule has 0 fully saturated rings. The van der Waals surface area contributed by atoms with E-state index in [2.05, 4.69) is 37.2 Å². The van der Waals surface area contributed by atoms with Gasteiger partial charge in [-0.15, -0.1) is 0 Å². The Bertz CT molecular complexity index is 642. The SMILES string of the molecule is CC(Br)c1ccccc1NC(=O)c1ccc(Br)c(O)c1. The summed E-state index contributed by atoms with van der Waals surface area (Å²) in [6.45, 7) is 2.00. The van der Waals surface area contributed by atoms with Gasteiger partial charge >= 0.3 is 0 Å². The molecule has 2 aromatic rings. The molecule has 104 valence electrons. The number of hydrogen-bond acceptors (Lipinski definition) is 2. The van der Waals surface area contributed by atoms with Crippen molar-refractivity contribution in [2.24, 2.45) is 0 Å². The zero-order valence-electron chi connectivity index (χ0n) is 10.7. The van der Waals surface area contributed by atoms with Crippen LogP contribution in [-0.4, -0.2) is 11.0 Å². The standard InChI is InChI=1S/C15H13Br2NO2/c1-9(16)11-4-2-3-5-13(11)18-15(20)10-6-7-12(17)14(19)8-10/h2-9,19H,1H3,(H,18,20). The number of anilines is 1. The molecule has 0 aliphatic carbocycles. The maximum atomic E-state index is 12.2. The van der Waals surface area contributed by atoms with E-state index in [0.717, 1.165) is 11.3 Å². The van der Waals surface area contributed by atoms with Gasteiger partial charge in [-0.05, 0) is 52.7 Å². The molecule has 0 aromatic heterocycles. The summed E-state index contributed by atoms with van der Waals surface area (Å²) in [5.41, 5.74) is 2.16. The second-order valence-corrected chi connectivity index (χ2v) is 6.55. The van der Waals surface area contributed by atoms with Crippen LogP contribution in [0.4, 0.5) is 5.69 Å². The average molecular weight is 399 g/mol. The molecule has 0 radical (unpaired) electrons. The topological polar surface area (TPSA) is 49.3 Å². The molecule has 1 unspecified atom stereocenters. The number of para-hydroxylation sites is 1. The monoisotopic (exact) mass is 397 g/mol. The van der Waals surface area contributed by atoms with Gasteiger partial charge in [0.05, 0.1) is 4.47 Å². The quantitative estimate of drug-likeness (QED) is 0.725. The van der Waals surface area contributed by atoms with E-state index < -0.39 is 0 Å². The van der Waals surface area contributed by atoms with Crippen molar-refractivity contribution in [3.05, 3.63) is 58.1 Å². The molecule has 0 heterocycles. The number of hydrogen-bond donors (Lipinski definition) is 2. The molecule has 5 heteroatoms. The Hall–Kier alpha value is -1.33. The second-order valence-electron chi connectivity index (χ2n) is 4.32. The molecule has 2 aromatic carbocycles. The number of carbonyl (C=O) groups excluding carboxylic acids is 1. The number of alkyl halides is 1. The van der Waals surface area contributed by atoms with Crippen LogP contribution in [0.25, 0.3) is 0 Å². The maximum absolute atomic E-state index is 12.2. The Morgan fingerprint density at radius 3 is 2.60 bits per heavy atom. The summed E-state index contributed by atoms with van der Waals surface area (Å²) in [5, 5.41) is 12.5. The van der Waals surface area contributed by atoms with E-state index in [1.165, 1.54) is 6.07 Å². The van der Waals surface area contributed by atoms with Crippen molar-refractivity contribution in [2.75, 3.05) is 5.32 Å². The van der Waals surface area contributed by atoms with Crippen molar-refractivity contribution in [1.29, 1.82) is 0 Å². The Balaban J connectivity index is 2.26. The summed E-state index contributed by atoms with van der Waals surface area (Å²) in [6.07, 6.45) is 0. The van der Waals surface area contributed by atoms with Crippen LogP contribution < -0.4 is 5.32 Å². The number of halogens is 2. The van der Waals surface area contributed by atoms with E-state index in [-0.39, 0.29) is 16.5 Å². The molecule has 0 spiro atoms. The predicted octanol–water partition coefficient (Wildman–Crippen LogP) is 4.86. The molecular weight excluding hydrogens is 386 g/mol. The van der Waals surface area contributed by atoms with Gasteiger partial charge in [-0.3, -0.25) is 4.79 Å². The van der Waals surface area contributed by atoms with Crippen LogP contribution in [-0.2, 0) is 0 Å². The normalized spacial score (nSPS) is 11.9. The summed E-state index contributed by atoms with van der Waals surface area (Å²) in [4.78, 5) is 12.3. The van der Waals surface area contributed by atoms with Crippen LogP contribution in [0.3, 0.4) is 0 Å². The lowest BCUT2D eigenvalue weighted by atomic mass is 10.1. The van der Waals surface area contributed by atoms with Crippen molar-refractivity contribution in [3.63, 3.8) is 0 Å². The first-order chi connectivity index (χ1) is 9.49. The van der Waals surface area contributed by atoms with Crippen LogP contribution in [0.5, 0.6) is 5.75 Å². The van der Waals surface area contributed by atoms with Crippen molar-refractivity contribution >= 4 is 43.5 Å². The van der Waals surface area contributed by atoms with Gasteiger partial charge in [0.2, 0.25) is 0 Å². The van der Waals surface area contributed by atoms with E-state index in [1.54, 1.807) is 12.1 Å². The Morgan fingerprint density at radius 1 is 1.25 bits per heavy atom. The van der Waals surface area contributed by atoms with Gasteiger partial charge in [-0.25, -0.2) is 0 Å². The van der Waals surface area contributed by atoms with Gasteiger partial charge in [0, 0.05) is 16.1 Å². The molecule has 20 heavy (non-hydrogen) atoms. The first-order valence-electron chi connectivity index (χ1n) is 6.02. The van der Waals surface area contributed by atoms with E-state index in [1.807, 2.05) is 31.2 Å². The summed E-state index contributed by atoms with van der Waals surface area (Å²) < 4.78 is 0.559. The fourth-order valence-electron chi connectivity index (χ4n) is 1.81. The third kappa shape index (κ3) is 3.41. The minimum atomic E-state index is -0.256. The van der Waals surface area contributed by atoms with Gasteiger partial charge in [-0.1, -0.05) is 34.1 Å². The molecule has 3 nitrogen and oxygen atoms in total. The second kappa shape index (κ2) is 6.41. The Labute approximate surface area is 134 Å². The lowest BCUT2D eigenvalue weighted by Crippen LogP contribution is -2.13.